The molecular formula is C26H44N4O4. The molecule has 0 bridgehead atoms. The van der Waals surface area contributed by atoms with Crippen molar-refractivity contribution in [2.75, 3.05) is 26.4 Å². The molecule has 8 nitrogen and oxygen atoms in total. The quantitative estimate of drug-likeness (QED) is 0.488. The molecule has 3 rings (SSSR count). The van der Waals surface area contributed by atoms with Gasteiger partial charge in [0.2, 0.25) is 23.6 Å². The molecule has 0 aromatic carbocycles. The third kappa shape index (κ3) is 5.92. The van der Waals surface area contributed by atoms with Crippen LogP contribution in [0.2, 0.25) is 0 Å². The van der Waals surface area contributed by atoms with Gasteiger partial charge in [-0.3, -0.25) is 0 Å². The second-order valence-electron chi connectivity index (χ2n) is 9.78. The molecule has 1 saturated carbocycles. The van der Waals surface area contributed by atoms with E-state index in [0.29, 0.717) is 55.9 Å². The highest BCUT2D eigenvalue weighted by molar-refractivity contribution is 5.97. The first-order chi connectivity index (χ1) is 16.4. The van der Waals surface area contributed by atoms with Gasteiger partial charge in [-0.1, -0.05) is 27.7 Å². The molecule has 34 heavy (non-hydrogen) atoms. The van der Waals surface area contributed by atoms with Crippen LogP contribution in [0.15, 0.2) is 20.0 Å². The van der Waals surface area contributed by atoms with E-state index in [0.717, 1.165) is 12.8 Å². The summed E-state index contributed by atoms with van der Waals surface area (Å²) in [6, 6.07) is -0.864. The summed E-state index contributed by atoms with van der Waals surface area (Å²) in [5.41, 5.74) is 0. The normalized spacial score (nSPS) is 27.3. The van der Waals surface area contributed by atoms with Crippen LogP contribution in [0.5, 0.6) is 0 Å². The van der Waals surface area contributed by atoms with Crippen molar-refractivity contribution in [2.45, 2.75) is 92.4 Å². The molecular weight excluding hydrogens is 432 g/mol. The lowest BCUT2D eigenvalue weighted by Crippen LogP contribution is -2.49. The average Bonchev–Trinajstić information content (AvgIpc) is 3.62. The SMILES string of the molecule is CCOC1=N[C@H](C(C)C)C(OCC)=N[C@H]1C(C1CC1)[C@@H]1N=C(OCC)[C@@H](C(C)C)N=C1OCC. The molecule has 1 fully saturated rings. The minimum absolute atomic E-state index is 0.0164. The van der Waals surface area contributed by atoms with E-state index in [-0.39, 0.29) is 41.9 Å². The smallest absolute Gasteiger partial charge is 0.210 e. The minimum Gasteiger partial charge on any atom is -0.480 e. The van der Waals surface area contributed by atoms with Gasteiger partial charge in [0.25, 0.3) is 0 Å². The first-order valence-electron chi connectivity index (χ1n) is 13.2. The number of rotatable bonds is 9. The fourth-order valence-electron chi connectivity index (χ4n) is 4.70. The summed E-state index contributed by atoms with van der Waals surface area (Å²) in [5, 5.41) is 0. The second-order valence-corrected chi connectivity index (χ2v) is 9.78. The van der Waals surface area contributed by atoms with Crippen LogP contribution in [-0.2, 0) is 18.9 Å². The summed E-state index contributed by atoms with van der Waals surface area (Å²) in [6.45, 7) is 18.7. The molecule has 0 unspecified atom stereocenters. The summed E-state index contributed by atoms with van der Waals surface area (Å²) in [7, 11) is 0. The van der Waals surface area contributed by atoms with Crippen LogP contribution in [-0.4, -0.2) is 74.2 Å². The van der Waals surface area contributed by atoms with Crippen LogP contribution >= 0.6 is 0 Å². The van der Waals surface area contributed by atoms with Crippen molar-refractivity contribution in [1.82, 2.24) is 0 Å². The van der Waals surface area contributed by atoms with Gasteiger partial charge in [-0.25, -0.2) is 20.0 Å². The van der Waals surface area contributed by atoms with Gasteiger partial charge in [0.05, 0.1) is 26.4 Å². The first kappa shape index (κ1) is 26.5. The number of nitrogens with zero attached hydrogens (tertiary/aromatic N) is 4. The van der Waals surface area contributed by atoms with Crippen molar-refractivity contribution in [3.8, 4) is 0 Å². The molecule has 4 atom stereocenters. The lowest BCUT2D eigenvalue weighted by molar-refractivity contribution is 0.234. The molecule has 0 aromatic rings. The van der Waals surface area contributed by atoms with Crippen molar-refractivity contribution in [3.63, 3.8) is 0 Å². The van der Waals surface area contributed by atoms with E-state index in [1.165, 1.54) is 0 Å². The molecule has 192 valence electrons. The Kier molecular flexibility index (Phi) is 9.37. The third-order valence-corrected chi connectivity index (χ3v) is 6.40. The van der Waals surface area contributed by atoms with E-state index in [1.54, 1.807) is 0 Å². The van der Waals surface area contributed by atoms with Crippen molar-refractivity contribution < 1.29 is 18.9 Å². The monoisotopic (exact) mass is 476 g/mol. The third-order valence-electron chi connectivity index (χ3n) is 6.40. The lowest BCUT2D eigenvalue weighted by Gasteiger charge is -2.37. The van der Waals surface area contributed by atoms with Crippen LogP contribution in [0.3, 0.4) is 0 Å². The summed E-state index contributed by atoms with van der Waals surface area (Å²) < 4.78 is 24.2. The van der Waals surface area contributed by atoms with E-state index in [9.17, 15) is 0 Å². The fourth-order valence-corrected chi connectivity index (χ4v) is 4.70. The Morgan fingerprint density at radius 2 is 0.853 bits per heavy atom. The Hall–Kier alpha value is -2.12. The molecule has 0 saturated heterocycles. The van der Waals surface area contributed by atoms with Gasteiger partial charge >= 0.3 is 0 Å². The highest BCUT2D eigenvalue weighted by Gasteiger charge is 2.50. The number of hydrogen-bond acceptors (Lipinski definition) is 8. The number of hydrogen-bond donors (Lipinski definition) is 0. The van der Waals surface area contributed by atoms with Crippen molar-refractivity contribution in [1.29, 1.82) is 0 Å². The van der Waals surface area contributed by atoms with Gasteiger partial charge in [0, 0.05) is 5.92 Å². The van der Waals surface area contributed by atoms with Gasteiger partial charge < -0.3 is 18.9 Å². The minimum atomic E-state index is -0.290. The number of aliphatic imine (C=N–C) groups is 4. The zero-order valence-corrected chi connectivity index (χ0v) is 22.3. The van der Waals surface area contributed by atoms with E-state index >= 15 is 0 Å². The number of ether oxygens (including phenoxy) is 4. The molecule has 0 amide bonds. The van der Waals surface area contributed by atoms with Crippen molar-refractivity contribution in [2.24, 2.45) is 43.6 Å². The molecule has 2 heterocycles. The summed E-state index contributed by atoms with van der Waals surface area (Å²) in [5.74, 6) is 3.70. The largest absolute Gasteiger partial charge is 0.480 e. The van der Waals surface area contributed by atoms with Crippen molar-refractivity contribution in [3.05, 3.63) is 0 Å². The average molecular weight is 477 g/mol. The Morgan fingerprint density at radius 3 is 1.12 bits per heavy atom. The van der Waals surface area contributed by atoms with E-state index in [2.05, 4.69) is 27.7 Å². The Labute approximate surface area is 205 Å². The highest BCUT2D eigenvalue weighted by atomic mass is 16.5. The zero-order chi connectivity index (χ0) is 24.8. The zero-order valence-electron chi connectivity index (χ0n) is 22.3. The van der Waals surface area contributed by atoms with Crippen molar-refractivity contribution >= 4 is 23.6 Å². The van der Waals surface area contributed by atoms with Crippen LogP contribution < -0.4 is 0 Å². The van der Waals surface area contributed by atoms with Gasteiger partial charge in [0.15, 0.2) is 0 Å². The second kappa shape index (κ2) is 12.0. The molecule has 0 spiro atoms. The molecule has 3 aliphatic rings. The van der Waals surface area contributed by atoms with Gasteiger partial charge in [-0.05, 0) is 58.3 Å². The molecule has 2 aliphatic heterocycles. The maximum absolute atomic E-state index is 6.11. The fraction of sp³-hybridized carbons (Fsp3) is 0.846. The Balaban J connectivity index is 2.07. The lowest BCUT2D eigenvalue weighted by atomic mass is 9.84. The summed E-state index contributed by atoms with van der Waals surface area (Å²) in [4.78, 5) is 20.4. The highest BCUT2D eigenvalue weighted by Crippen LogP contribution is 2.44. The van der Waals surface area contributed by atoms with Gasteiger partial charge in [0.1, 0.15) is 24.2 Å². The van der Waals surface area contributed by atoms with Gasteiger partial charge in [-0.2, -0.15) is 0 Å². The first-order valence-corrected chi connectivity index (χ1v) is 13.2. The van der Waals surface area contributed by atoms with Crippen LogP contribution in [0.1, 0.15) is 68.2 Å². The maximum Gasteiger partial charge on any atom is 0.210 e. The predicted octanol–water partition coefficient (Wildman–Crippen LogP) is 4.57. The van der Waals surface area contributed by atoms with Crippen LogP contribution in [0, 0.1) is 23.7 Å². The van der Waals surface area contributed by atoms with E-state index < -0.39 is 0 Å². The Bertz CT molecular complexity index is 741. The summed E-state index contributed by atoms with van der Waals surface area (Å²) >= 11 is 0. The van der Waals surface area contributed by atoms with Crippen LogP contribution in [0.4, 0.5) is 0 Å². The summed E-state index contributed by atoms with van der Waals surface area (Å²) in [6.07, 6.45) is 2.24. The molecule has 0 aromatic heterocycles. The predicted molar refractivity (Wildman–Crippen MR) is 137 cm³/mol. The van der Waals surface area contributed by atoms with Gasteiger partial charge in [-0.15, -0.1) is 0 Å². The molecule has 0 N–H and O–H groups in total. The molecule has 1 aliphatic carbocycles. The van der Waals surface area contributed by atoms with E-state index in [1.807, 2.05) is 27.7 Å². The Morgan fingerprint density at radius 1 is 0.559 bits per heavy atom. The van der Waals surface area contributed by atoms with E-state index in [4.69, 9.17) is 38.9 Å². The molecule has 8 heteroatoms. The maximum atomic E-state index is 6.11. The molecule has 0 radical (unpaired) electrons. The topological polar surface area (TPSA) is 86.4 Å². The van der Waals surface area contributed by atoms with Crippen LogP contribution in [0.25, 0.3) is 0 Å². The standard InChI is InChI=1S/C26H44N4O4/c1-9-31-23-19(15(5)6)27-25(33-11-3)21(29-23)18(17-13-14-17)22-26(34-12-4)28-20(16(7)8)24(30-22)32-10-2/h15-22H,9-14H2,1-8H3/t19-,20-,21+,22+/m1/s1.